The minimum atomic E-state index is -3.72. The molecule has 22 heavy (non-hydrogen) atoms. The molecule has 1 heterocycles. The standard InChI is InChI=1S/C14H20N2O5S/c1-20-11-4-6-13(7-5-11)22(18,19)16-10-14(17)15-9-12-3-2-8-21-12/h4-7,12,16H,2-3,8-10H2,1H3,(H,15,17). The van der Waals surface area contributed by atoms with Crippen molar-refractivity contribution in [3.8, 4) is 5.75 Å². The van der Waals surface area contributed by atoms with Crippen LogP contribution in [-0.4, -0.2) is 47.2 Å². The van der Waals surface area contributed by atoms with Gasteiger partial charge in [-0.3, -0.25) is 4.79 Å². The van der Waals surface area contributed by atoms with Crippen molar-refractivity contribution in [2.45, 2.75) is 23.8 Å². The monoisotopic (exact) mass is 328 g/mol. The fourth-order valence-electron chi connectivity index (χ4n) is 2.09. The summed E-state index contributed by atoms with van der Waals surface area (Å²) in [7, 11) is -2.22. The average molecular weight is 328 g/mol. The summed E-state index contributed by atoms with van der Waals surface area (Å²) in [6.07, 6.45) is 1.94. The third-order valence-electron chi connectivity index (χ3n) is 3.34. The molecule has 0 bridgehead atoms. The summed E-state index contributed by atoms with van der Waals surface area (Å²) in [6, 6.07) is 5.94. The van der Waals surface area contributed by atoms with E-state index in [-0.39, 0.29) is 23.5 Å². The molecule has 0 spiro atoms. The number of rotatable bonds is 7. The summed E-state index contributed by atoms with van der Waals surface area (Å²) < 4.78 is 36.7. The Hall–Kier alpha value is -1.64. The summed E-state index contributed by atoms with van der Waals surface area (Å²) in [5.74, 6) is 0.181. The highest BCUT2D eigenvalue weighted by Crippen LogP contribution is 2.15. The van der Waals surface area contributed by atoms with Gasteiger partial charge in [0.05, 0.1) is 24.7 Å². The van der Waals surface area contributed by atoms with E-state index in [0.717, 1.165) is 12.8 Å². The highest BCUT2D eigenvalue weighted by Gasteiger charge is 2.18. The molecule has 1 saturated heterocycles. The minimum absolute atomic E-state index is 0.0298. The number of amides is 1. The molecular weight excluding hydrogens is 308 g/mol. The molecule has 122 valence electrons. The Morgan fingerprint density at radius 1 is 1.36 bits per heavy atom. The highest BCUT2D eigenvalue weighted by atomic mass is 32.2. The topological polar surface area (TPSA) is 93.7 Å². The Labute approximate surface area is 130 Å². The number of hydrogen-bond acceptors (Lipinski definition) is 5. The summed E-state index contributed by atoms with van der Waals surface area (Å²) in [5, 5.41) is 2.66. The lowest BCUT2D eigenvalue weighted by Crippen LogP contribution is -2.39. The highest BCUT2D eigenvalue weighted by molar-refractivity contribution is 7.89. The van der Waals surface area contributed by atoms with Crippen LogP contribution in [0.15, 0.2) is 29.2 Å². The molecule has 1 amide bonds. The van der Waals surface area contributed by atoms with Crippen molar-refractivity contribution < 1.29 is 22.7 Å². The lowest BCUT2D eigenvalue weighted by Gasteiger charge is -2.11. The Morgan fingerprint density at radius 3 is 2.68 bits per heavy atom. The average Bonchev–Trinajstić information content (AvgIpc) is 3.04. The fraction of sp³-hybridized carbons (Fsp3) is 0.500. The number of benzene rings is 1. The van der Waals surface area contributed by atoms with E-state index >= 15 is 0 Å². The van der Waals surface area contributed by atoms with Crippen LogP contribution in [0.5, 0.6) is 5.75 Å². The van der Waals surface area contributed by atoms with E-state index in [1.807, 2.05) is 0 Å². The first-order valence-electron chi connectivity index (χ1n) is 7.03. The molecule has 7 nitrogen and oxygen atoms in total. The molecule has 1 unspecified atom stereocenters. The van der Waals surface area contributed by atoms with Gasteiger partial charge in [-0.15, -0.1) is 0 Å². The predicted molar refractivity (Wildman–Crippen MR) is 80.2 cm³/mol. The van der Waals surface area contributed by atoms with E-state index in [1.165, 1.54) is 19.2 Å². The predicted octanol–water partition coefficient (Wildman–Crippen LogP) is 0.269. The maximum atomic E-state index is 12.0. The SMILES string of the molecule is COc1ccc(S(=O)(=O)NCC(=O)NCC2CCCO2)cc1. The van der Waals surface area contributed by atoms with Crippen LogP contribution in [0.3, 0.4) is 0 Å². The van der Waals surface area contributed by atoms with Gasteiger partial charge in [0.25, 0.3) is 0 Å². The van der Waals surface area contributed by atoms with Gasteiger partial charge in [-0.25, -0.2) is 13.1 Å². The summed E-state index contributed by atoms with van der Waals surface area (Å²) in [4.78, 5) is 11.7. The van der Waals surface area contributed by atoms with E-state index in [1.54, 1.807) is 12.1 Å². The van der Waals surface area contributed by atoms with Crippen molar-refractivity contribution in [3.05, 3.63) is 24.3 Å². The smallest absolute Gasteiger partial charge is 0.241 e. The molecule has 0 aromatic heterocycles. The van der Waals surface area contributed by atoms with Crippen LogP contribution < -0.4 is 14.8 Å². The molecule has 8 heteroatoms. The quantitative estimate of drug-likeness (QED) is 0.749. The molecule has 0 aliphatic carbocycles. The van der Waals surface area contributed by atoms with Crippen LogP contribution in [-0.2, 0) is 19.6 Å². The minimum Gasteiger partial charge on any atom is -0.497 e. The van der Waals surface area contributed by atoms with E-state index in [2.05, 4.69) is 10.0 Å². The third-order valence-corrected chi connectivity index (χ3v) is 4.76. The van der Waals surface area contributed by atoms with Crippen molar-refractivity contribution in [1.29, 1.82) is 0 Å². The van der Waals surface area contributed by atoms with Gasteiger partial charge in [0, 0.05) is 13.2 Å². The molecule has 1 aliphatic rings. The van der Waals surface area contributed by atoms with Crippen LogP contribution in [0, 0.1) is 0 Å². The van der Waals surface area contributed by atoms with E-state index in [9.17, 15) is 13.2 Å². The van der Waals surface area contributed by atoms with Gasteiger partial charge in [-0.2, -0.15) is 0 Å². The molecule has 1 atom stereocenters. The number of nitrogens with one attached hydrogen (secondary N) is 2. The Bertz CT molecular complexity index is 594. The van der Waals surface area contributed by atoms with Crippen molar-refractivity contribution in [3.63, 3.8) is 0 Å². The molecule has 2 N–H and O–H groups in total. The van der Waals surface area contributed by atoms with E-state index < -0.39 is 10.0 Å². The van der Waals surface area contributed by atoms with Crippen molar-refractivity contribution in [2.75, 3.05) is 26.8 Å². The van der Waals surface area contributed by atoms with Gasteiger partial charge in [0.1, 0.15) is 5.75 Å². The first-order chi connectivity index (χ1) is 10.5. The van der Waals surface area contributed by atoms with Crippen LogP contribution in [0.2, 0.25) is 0 Å². The zero-order valence-corrected chi connectivity index (χ0v) is 13.2. The number of carbonyl (C=O) groups excluding carboxylic acids is 1. The second-order valence-corrected chi connectivity index (χ2v) is 6.71. The summed E-state index contributed by atoms with van der Waals surface area (Å²) >= 11 is 0. The van der Waals surface area contributed by atoms with Gasteiger partial charge in [-0.05, 0) is 37.1 Å². The maximum absolute atomic E-state index is 12.0. The second kappa shape index (κ2) is 7.57. The largest absolute Gasteiger partial charge is 0.497 e. The Balaban J connectivity index is 1.81. The first kappa shape index (κ1) is 16.7. The molecular formula is C14H20N2O5S. The molecule has 1 aliphatic heterocycles. The first-order valence-corrected chi connectivity index (χ1v) is 8.51. The van der Waals surface area contributed by atoms with Crippen LogP contribution in [0.1, 0.15) is 12.8 Å². The molecule has 0 radical (unpaired) electrons. The second-order valence-electron chi connectivity index (χ2n) is 4.94. The number of sulfonamides is 1. The molecule has 1 aromatic carbocycles. The van der Waals surface area contributed by atoms with Gasteiger partial charge in [-0.1, -0.05) is 0 Å². The summed E-state index contributed by atoms with van der Waals surface area (Å²) in [6.45, 7) is 0.814. The van der Waals surface area contributed by atoms with Crippen molar-refractivity contribution in [2.24, 2.45) is 0 Å². The van der Waals surface area contributed by atoms with Crippen LogP contribution >= 0.6 is 0 Å². The Kier molecular flexibility index (Phi) is 5.76. The van der Waals surface area contributed by atoms with Crippen molar-refractivity contribution in [1.82, 2.24) is 10.0 Å². The number of hydrogen-bond donors (Lipinski definition) is 2. The van der Waals surface area contributed by atoms with Gasteiger partial charge in [0.2, 0.25) is 15.9 Å². The lowest BCUT2D eigenvalue weighted by atomic mass is 10.2. The number of carbonyl (C=O) groups is 1. The molecule has 0 saturated carbocycles. The zero-order valence-electron chi connectivity index (χ0n) is 12.4. The third kappa shape index (κ3) is 4.69. The van der Waals surface area contributed by atoms with Crippen LogP contribution in [0.25, 0.3) is 0 Å². The maximum Gasteiger partial charge on any atom is 0.241 e. The number of ether oxygens (including phenoxy) is 2. The normalized spacial score (nSPS) is 18.1. The van der Waals surface area contributed by atoms with Gasteiger partial charge >= 0.3 is 0 Å². The zero-order chi connectivity index (χ0) is 16.0. The number of methoxy groups -OCH3 is 1. The van der Waals surface area contributed by atoms with Gasteiger partial charge in [0.15, 0.2) is 0 Å². The molecule has 1 aromatic rings. The lowest BCUT2D eigenvalue weighted by molar-refractivity contribution is -0.120. The van der Waals surface area contributed by atoms with Crippen LogP contribution in [0.4, 0.5) is 0 Å². The van der Waals surface area contributed by atoms with E-state index in [0.29, 0.717) is 18.9 Å². The Morgan fingerprint density at radius 2 is 2.09 bits per heavy atom. The molecule has 2 rings (SSSR count). The van der Waals surface area contributed by atoms with E-state index in [4.69, 9.17) is 9.47 Å². The van der Waals surface area contributed by atoms with Gasteiger partial charge < -0.3 is 14.8 Å². The molecule has 1 fully saturated rings. The summed E-state index contributed by atoms with van der Waals surface area (Å²) in [5.41, 5.74) is 0. The fourth-order valence-corrected chi connectivity index (χ4v) is 3.08. The van der Waals surface area contributed by atoms with Crippen molar-refractivity contribution >= 4 is 15.9 Å².